The third-order valence-electron chi connectivity index (χ3n) is 4.85. The molecule has 3 aromatic rings. The fraction of sp³-hybridized carbons (Fsp3) is 0.250. The van der Waals surface area contributed by atoms with Gasteiger partial charge in [-0.05, 0) is 38.1 Å². The van der Waals surface area contributed by atoms with E-state index in [1.165, 1.54) is 16.7 Å². The first-order chi connectivity index (χ1) is 15.8. The van der Waals surface area contributed by atoms with Crippen LogP contribution in [0, 0.1) is 13.8 Å². The molecule has 33 heavy (non-hydrogen) atoms. The molecule has 2 amide bonds. The molecule has 0 saturated heterocycles. The minimum atomic E-state index is -0.626. The zero-order valence-electron chi connectivity index (χ0n) is 19.0. The van der Waals surface area contributed by atoms with E-state index in [-0.39, 0.29) is 11.7 Å². The van der Waals surface area contributed by atoms with Gasteiger partial charge in [0.2, 0.25) is 5.91 Å². The molecule has 172 valence electrons. The number of nitrogens with one attached hydrogen (secondary N) is 1. The fourth-order valence-electron chi connectivity index (χ4n) is 3.06. The van der Waals surface area contributed by atoms with Crippen LogP contribution in [0.1, 0.15) is 21.7 Å². The highest BCUT2D eigenvalue weighted by molar-refractivity contribution is 8.00. The molecule has 0 aliphatic heterocycles. The Morgan fingerprint density at radius 3 is 2.39 bits per heavy atom. The van der Waals surface area contributed by atoms with E-state index in [1.54, 1.807) is 50.0 Å². The van der Waals surface area contributed by atoms with Gasteiger partial charge in [-0.2, -0.15) is 5.10 Å². The summed E-state index contributed by atoms with van der Waals surface area (Å²) in [6.07, 6.45) is 0. The Bertz CT molecular complexity index is 1160. The van der Waals surface area contributed by atoms with Crippen LogP contribution in [-0.4, -0.2) is 58.9 Å². The molecule has 2 aromatic carbocycles. The standard InChI is InChI=1S/C24H26N4O4S/c1-16-23(17(2)28(26-16)18-10-6-5-7-11-18)25-21(29)14-32-24(31)19-12-8-9-13-20(19)33-15-22(30)27(3)4/h5-13H,14-15H2,1-4H3,(H,25,29). The van der Waals surface area contributed by atoms with Crippen LogP contribution >= 0.6 is 11.8 Å². The Kier molecular flexibility index (Phi) is 7.89. The lowest BCUT2D eigenvalue weighted by Crippen LogP contribution is -2.23. The molecule has 0 unspecified atom stereocenters. The number of para-hydroxylation sites is 1. The Hall–Kier alpha value is -3.59. The molecule has 0 fully saturated rings. The maximum Gasteiger partial charge on any atom is 0.339 e. The second-order valence-corrected chi connectivity index (χ2v) is 8.51. The number of anilines is 1. The van der Waals surface area contributed by atoms with Gasteiger partial charge in [0.1, 0.15) is 0 Å². The van der Waals surface area contributed by atoms with E-state index in [2.05, 4.69) is 10.4 Å². The Morgan fingerprint density at radius 1 is 1.03 bits per heavy atom. The van der Waals surface area contributed by atoms with E-state index in [4.69, 9.17) is 4.74 Å². The van der Waals surface area contributed by atoms with Gasteiger partial charge >= 0.3 is 5.97 Å². The largest absolute Gasteiger partial charge is 0.452 e. The van der Waals surface area contributed by atoms with E-state index in [9.17, 15) is 14.4 Å². The Balaban J connectivity index is 1.63. The molecule has 3 rings (SSSR count). The number of carbonyl (C=O) groups excluding carboxylic acids is 3. The van der Waals surface area contributed by atoms with Crippen LogP contribution in [0.3, 0.4) is 0 Å². The molecule has 8 nitrogen and oxygen atoms in total. The van der Waals surface area contributed by atoms with Gasteiger partial charge in [0.15, 0.2) is 6.61 Å². The van der Waals surface area contributed by atoms with Crippen molar-refractivity contribution in [2.45, 2.75) is 18.7 Å². The van der Waals surface area contributed by atoms with Crippen molar-refractivity contribution < 1.29 is 19.1 Å². The second kappa shape index (κ2) is 10.8. The number of aromatic nitrogens is 2. The number of carbonyl (C=O) groups is 3. The van der Waals surface area contributed by atoms with Crippen LogP contribution < -0.4 is 5.32 Å². The molecule has 1 N–H and O–H groups in total. The molecule has 0 radical (unpaired) electrons. The minimum absolute atomic E-state index is 0.0654. The normalized spacial score (nSPS) is 10.5. The summed E-state index contributed by atoms with van der Waals surface area (Å²) in [5.41, 5.74) is 3.20. The van der Waals surface area contributed by atoms with Crippen molar-refractivity contribution in [3.63, 3.8) is 0 Å². The molecule has 0 spiro atoms. The number of nitrogens with zero attached hydrogens (tertiary/aromatic N) is 3. The summed E-state index contributed by atoms with van der Waals surface area (Å²) in [5.74, 6) is -0.958. The lowest BCUT2D eigenvalue weighted by Gasteiger charge is -2.12. The number of hydrogen-bond acceptors (Lipinski definition) is 6. The second-order valence-electron chi connectivity index (χ2n) is 7.49. The van der Waals surface area contributed by atoms with Crippen LogP contribution in [-0.2, 0) is 14.3 Å². The predicted octanol–water partition coefficient (Wildman–Crippen LogP) is 3.46. The molecular formula is C24H26N4O4S. The summed E-state index contributed by atoms with van der Waals surface area (Å²) in [4.78, 5) is 39.1. The number of benzene rings is 2. The first-order valence-electron chi connectivity index (χ1n) is 10.3. The van der Waals surface area contributed by atoms with E-state index in [0.717, 1.165) is 11.4 Å². The molecule has 1 heterocycles. The van der Waals surface area contributed by atoms with Gasteiger partial charge < -0.3 is 15.0 Å². The lowest BCUT2D eigenvalue weighted by molar-refractivity contribution is -0.125. The van der Waals surface area contributed by atoms with Gasteiger partial charge in [0, 0.05) is 19.0 Å². The summed E-state index contributed by atoms with van der Waals surface area (Å²) < 4.78 is 6.99. The van der Waals surface area contributed by atoms with Crippen LogP contribution in [0.25, 0.3) is 5.69 Å². The molecule has 0 aliphatic rings. The first-order valence-corrected chi connectivity index (χ1v) is 11.3. The SMILES string of the molecule is Cc1nn(-c2ccccc2)c(C)c1NC(=O)COC(=O)c1ccccc1SCC(=O)N(C)C. The third kappa shape index (κ3) is 6.01. The number of aryl methyl sites for hydroxylation is 1. The quantitative estimate of drug-likeness (QED) is 0.404. The third-order valence-corrected chi connectivity index (χ3v) is 5.91. The van der Waals surface area contributed by atoms with Crippen LogP contribution in [0.4, 0.5) is 5.69 Å². The van der Waals surface area contributed by atoms with Gasteiger partial charge in [0.25, 0.3) is 5.91 Å². The highest BCUT2D eigenvalue weighted by Gasteiger charge is 2.18. The first kappa shape index (κ1) is 24.1. The van der Waals surface area contributed by atoms with Crippen LogP contribution in [0.15, 0.2) is 59.5 Å². The average molecular weight is 467 g/mol. The van der Waals surface area contributed by atoms with Crippen LogP contribution in [0.5, 0.6) is 0 Å². The topological polar surface area (TPSA) is 93.5 Å². The number of hydrogen-bond donors (Lipinski definition) is 1. The minimum Gasteiger partial charge on any atom is -0.452 e. The average Bonchev–Trinajstić information content (AvgIpc) is 3.10. The van der Waals surface area contributed by atoms with Gasteiger partial charge in [-0.3, -0.25) is 9.59 Å². The van der Waals surface area contributed by atoms with E-state index in [1.807, 2.05) is 37.3 Å². The number of thioether (sulfide) groups is 1. The summed E-state index contributed by atoms with van der Waals surface area (Å²) in [7, 11) is 3.35. The van der Waals surface area contributed by atoms with Crippen molar-refractivity contribution in [1.29, 1.82) is 0 Å². The summed E-state index contributed by atoms with van der Waals surface area (Å²) >= 11 is 1.25. The molecule has 0 aliphatic carbocycles. The molecule has 0 atom stereocenters. The van der Waals surface area contributed by atoms with Crippen molar-refractivity contribution >= 4 is 35.2 Å². The Labute approximate surface area is 196 Å². The number of rotatable bonds is 8. The molecule has 0 bridgehead atoms. The fourth-order valence-corrected chi connectivity index (χ4v) is 4.08. The van der Waals surface area contributed by atoms with Crippen molar-refractivity contribution in [3.05, 3.63) is 71.5 Å². The van der Waals surface area contributed by atoms with Crippen molar-refractivity contribution in [2.24, 2.45) is 0 Å². The summed E-state index contributed by atoms with van der Waals surface area (Å²) in [6, 6.07) is 16.4. The van der Waals surface area contributed by atoms with Gasteiger partial charge in [0.05, 0.1) is 34.1 Å². The van der Waals surface area contributed by atoms with Crippen molar-refractivity contribution in [3.8, 4) is 5.69 Å². The molecule has 0 saturated carbocycles. The van der Waals surface area contributed by atoms with Gasteiger partial charge in [-0.25, -0.2) is 9.48 Å². The van der Waals surface area contributed by atoms with Crippen molar-refractivity contribution in [1.82, 2.24) is 14.7 Å². The zero-order chi connectivity index (χ0) is 24.0. The zero-order valence-corrected chi connectivity index (χ0v) is 19.8. The Morgan fingerprint density at radius 2 is 1.70 bits per heavy atom. The molecular weight excluding hydrogens is 440 g/mol. The maximum absolute atomic E-state index is 12.6. The molecule has 1 aromatic heterocycles. The predicted molar refractivity (Wildman–Crippen MR) is 128 cm³/mol. The highest BCUT2D eigenvalue weighted by atomic mass is 32.2. The van der Waals surface area contributed by atoms with Gasteiger partial charge in [-0.15, -0.1) is 11.8 Å². The number of esters is 1. The summed E-state index contributed by atoms with van der Waals surface area (Å²) in [6.45, 7) is 3.22. The van der Waals surface area contributed by atoms with E-state index >= 15 is 0 Å². The monoisotopic (exact) mass is 466 g/mol. The van der Waals surface area contributed by atoms with E-state index < -0.39 is 18.5 Å². The van der Waals surface area contributed by atoms with Crippen molar-refractivity contribution in [2.75, 3.05) is 31.8 Å². The highest BCUT2D eigenvalue weighted by Crippen LogP contribution is 2.24. The number of ether oxygens (including phenoxy) is 1. The summed E-state index contributed by atoms with van der Waals surface area (Å²) in [5, 5.41) is 7.28. The van der Waals surface area contributed by atoms with E-state index in [0.29, 0.717) is 21.8 Å². The maximum atomic E-state index is 12.6. The number of amides is 2. The lowest BCUT2D eigenvalue weighted by atomic mass is 10.2. The molecule has 9 heteroatoms. The van der Waals surface area contributed by atoms with Gasteiger partial charge in [-0.1, -0.05) is 30.3 Å². The van der Waals surface area contributed by atoms with Crippen LogP contribution in [0.2, 0.25) is 0 Å². The smallest absolute Gasteiger partial charge is 0.339 e.